The first-order chi connectivity index (χ1) is 9.50. The van der Waals surface area contributed by atoms with E-state index in [1.807, 2.05) is 0 Å². The first kappa shape index (κ1) is 14.0. The van der Waals surface area contributed by atoms with E-state index in [1.165, 1.54) is 30.0 Å². The molecule has 2 aromatic rings. The maximum Gasteiger partial charge on any atom is 0.294 e. The van der Waals surface area contributed by atoms with Crippen molar-refractivity contribution < 1.29 is 9.72 Å². The van der Waals surface area contributed by atoms with Gasteiger partial charge in [-0.1, -0.05) is 29.8 Å². The summed E-state index contributed by atoms with van der Waals surface area (Å²) in [4.78, 5) is 23.7. The number of nitro benzene ring substituents is 1. The predicted octanol–water partition coefficient (Wildman–Crippen LogP) is 3.93. The largest absolute Gasteiger partial charge is 0.294 e. The van der Waals surface area contributed by atoms with E-state index >= 15 is 0 Å². The van der Waals surface area contributed by atoms with Gasteiger partial charge in [0, 0.05) is 23.7 Å². The average molecular weight is 291 g/mol. The summed E-state index contributed by atoms with van der Waals surface area (Å²) in [5.41, 5.74) is 0.542. The van der Waals surface area contributed by atoms with Crippen LogP contribution in [0.1, 0.15) is 6.92 Å². The number of halogens is 1. The molecule has 0 aliphatic heterocycles. The quantitative estimate of drug-likeness (QED) is 0.635. The van der Waals surface area contributed by atoms with Crippen LogP contribution in [0, 0.1) is 10.1 Å². The van der Waals surface area contributed by atoms with Crippen molar-refractivity contribution in [2.24, 2.45) is 0 Å². The van der Waals surface area contributed by atoms with Crippen molar-refractivity contribution in [3.05, 3.63) is 63.7 Å². The first-order valence-corrected chi connectivity index (χ1v) is 6.18. The van der Waals surface area contributed by atoms with Crippen molar-refractivity contribution in [3.63, 3.8) is 0 Å². The lowest BCUT2D eigenvalue weighted by atomic mass is 10.2. The van der Waals surface area contributed by atoms with Crippen molar-refractivity contribution in [1.29, 1.82) is 0 Å². The Balaban J connectivity index is 2.62. The number of carbonyl (C=O) groups excluding carboxylic acids is 1. The van der Waals surface area contributed by atoms with Crippen LogP contribution in [-0.2, 0) is 4.79 Å². The fourth-order valence-electron chi connectivity index (χ4n) is 1.90. The van der Waals surface area contributed by atoms with Gasteiger partial charge >= 0.3 is 0 Å². The Morgan fingerprint density at radius 3 is 2.40 bits per heavy atom. The van der Waals surface area contributed by atoms with Crippen molar-refractivity contribution >= 4 is 34.6 Å². The number of nitrogens with zero attached hydrogens (tertiary/aromatic N) is 2. The summed E-state index contributed by atoms with van der Waals surface area (Å²) < 4.78 is 0. The normalized spacial score (nSPS) is 10.1. The van der Waals surface area contributed by atoms with Crippen molar-refractivity contribution in [1.82, 2.24) is 0 Å². The highest BCUT2D eigenvalue weighted by Crippen LogP contribution is 2.35. The molecule has 102 valence electrons. The second kappa shape index (κ2) is 5.71. The SMILES string of the molecule is CC(=O)N(c1ccccc1)c1ccc(Cl)cc1[N+](=O)[O-]. The maximum atomic E-state index is 11.9. The minimum Gasteiger partial charge on any atom is -0.275 e. The van der Waals surface area contributed by atoms with E-state index in [2.05, 4.69) is 0 Å². The third kappa shape index (κ3) is 2.78. The van der Waals surface area contributed by atoms with Gasteiger partial charge in [-0.25, -0.2) is 0 Å². The summed E-state index contributed by atoms with van der Waals surface area (Å²) in [6.07, 6.45) is 0. The Morgan fingerprint density at radius 1 is 1.20 bits per heavy atom. The zero-order valence-corrected chi connectivity index (χ0v) is 11.4. The molecule has 2 rings (SSSR count). The summed E-state index contributed by atoms with van der Waals surface area (Å²) in [6.45, 7) is 1.35. The zero-order valence-electron chi connectivity index (χ0n) is 10.6. The molecule has 0 spiro atoms. The minimum absolute atomic E-state index is 0.193. The van der Waals surface area contributed by atoms with E-state index < -0.39 is 4.92 Å². The van der Waals surface area contributed by atoms with Gasteiger partial charge in [0.2, 0.25) is 5.91 Å². The standard InChI is InChI=1S/C14H11ClN2O3/c1-10(18)16(12-5-3-2-4-6-12)13-8-7-11(15)9-14(13)17(19)20/h2-9H,1H3. The van der Waals surface area contributed by atoms with Gasteiger partial charge in [-0.2, -0.15) is 0 Å². The lowest BCUT2D eigenvalue weighted by Gasteiger charge is -2.21. The number of benzene rings is 2. The molecule has 0 radical (unpaired) electrons. The van der Waals surface area contributed by atoms with Crippen molar-refractivity contribution in [3.8, 4) is 0 Å². The molecule has 0 saturated carbocycles. The number of para-hydroxylation sites is 1. The van der Waals surface area contributed by atoms with E-state index in [1.54, 1.807) is 30.3 Å². The van der Waals surface area contributed by atoms with Gasteiger partial charge in [-0.3, -0.25) is 19.8 Å². The van der Waals surface area contributed by atoms with Crippen LogP contribution in [0.15, 0.2) is 48.5 Å². The molecule has 5 nitrogen and oxygen atoms in total. The molecule has 0 N–H and O–H groups in total. The fourth-order valence-corrected chi connectivity index (χ4v) is 2.07. The maximum absolute atomic E-state index is 11.9. The zero-order chi connectivity index (χ0) is 14.7. The molecule has 6 heteroatoms. The lowest BCUT2D eigenvalue weighted by molar-refractivity contribution is -0.384. The number of amides is 1. The number of rotatable bonds is 3. The molecule has 0 unspecified atom stereocenters. The van der Waals surface area contributed by atoms with Crippen LogP contribution in [-0.4, -0.2) is 10.8 Å². The van der Waals surface area contributed by atoms with Crippen LogP contribution < -0.4 is 4.90 Å². The average Bonchev–Trinajstić information content (AvgIpc) is 2.41. The van der Waals surface area contributed by atoms with Crippen molar-refractivity contribution in [2.75, 3.05) is 4.90 Å². The molecule has 2 aromatic carbocycles. The molecule has 1 amide bonds. The molecule has 0 heterocycles. The highest BCUT2D eigenvalue weighted by Gasteiger charge is 2.23. The molecule has 0 saturated heterocycles. The van der Waals surface area contributed by atoms with E-state index in [-0.39, 0.29) is 22.3 Å². The number of nitro groups is 1. The molecule has 0 aliphatic rings. The van der Waals surface area contributed by atoms with E-state index in [4.69, 9.17) is 11.6 Å². The number of hydrogen-bond acceptors (Lipinski definition) is 3. The monoisotopic (exact) mass is 290 g/mol. The smallest absolute Gasteiger partial charge is 0.275 e. The van der Waals surface area contributed by atoms with Crippen LogP contribution in [0.5, 0.6) is 0 Å². The molecule has 0 aromatic heterocycles. The van der Waals surface area contributed by atoms with Crippen LogP contribution in [0.4, 0.5) is 17.1 Å². The second-order valence-electron chi connectivity index (χ2n) is 4.08. The Morgan fingerprint density at radius 2 is 1.85 bits per heavy atom. The van der Waals surface area contributed by atoms with Crippen molar-refractivity contribution in [2.45, 2.75) is 6.92 Å². The first-order valence-electron chi connectivity index (χ1n) is 5.80. The highest BCUT2D eigenvalue weighted by molar-refractivity contribution is 6.31. The van der Waals surface area contributed by atoms with Gasteiger partial charge in [0.05, 0.1) is 4.92 Å². The summed E-state index contributed by atoms with van der Waals surface area (Å²) in [5.74, 6) is -0.318. The Bertz CT molecular complexity index is 659. The van der Waals surface area contributed by atoms with Crippen LogP contribution >= 0.6 is 11.6 Å². The Hall–Kier alpha value is -2.40. The fraction of sp³-hybridized carbons (Fsp3) is 0.0714. The minimum atomic E-state index is -0.555. The van der Waals surface area contributed by atoms with Crippen LogP contribution in [0.3, 0.4) is 0 Å². The third-order valence-electron chi connectivity index (χ3n) is 2.70. The van der Waals surface area contributed by atoms with Gasteiger partial charge in [-0.15, -0.1) is 0 Å². The van der Waals surface area contributed by atoms with Crippen LogP contribution in [0.25, 0.3) is 0 Å². The van der Waals surface area contributed by atoms with Gasteiger partial charge in [0.15, 0.2) is 0 Å². The summed E-state index contributed by atoms with van der Waals surface area (Å²) in [6, 6.07) is 12.9. The molecule has 0 bridgehead atoms. The number of anilines is 2. The third-order valence-corrected chi connectivity index (χ3v) is 2.94. The Labute approximate surface area is 120 Å². The van der Waals surface area contributed by atoms with E-state index in [9.17, 15) is 14.9 Å². The molecular weight excluding hydrogens is 280 g/mol. The lowest BCUT2D eigenvalue weighted by Crippen LogP contribution is -2.23. The van der Waals surface area contributed by atoms with Gasteiger partial charge in [0.25, 0.3) is 5.69 Å². The van der Waals surface area contributed by atoms with Crippen LogP contribution in [0.2, 0.25) is 5.02 Å². The molecule has 20 heavy (non-hydrogen) atoms. The highest BCUT2D eigenvalue weighted by atomic mass is 35.5. The van der Waals surface area contributed by atoms with Gasteiger partial charge < -0.3 is 0 Å². The summed E-state index contributed by atoms with van der Waals surface area (Å²) in [5, 5.41) is 11.4. The molecular formula is C14H11ClN2O3. The summed E-state index contributed by atoms with van der Waals surface area (Å²) in [7, 11) is 0. The molecule has 0 aliphatic carbocycles. The predicted molar refractivity (Wildman–Crippen MR) is 77.4 cm³/mol. The molecule has 0 fully saturated rings. The Kier molecular flexibility index (Phi) is 4.00. The van der Waals surface area contributed by atoms with Gasteiger partial charge in [0.1, 0.15) is 5.69 Å². The van der Waals surface area contributed by atoms with E-state index in [0.717, 1.165) is 0 Å². The summed E-state index contributed by atoms with van der Waals surface area (Å²) >= 11 is 5.78. The van der Waals surface area contributed by atoms with Gasteiger partial charge in [-0.05, 0) is 24.3 Å². The topological polar surface area (TPSA) is 63.5 Å². The van der Waals surface area contributed by atoms with E-state index in [0.29, 0.717) is 5.69 Å². The molecule has 0 atom stereocenters. The second-order valence-corrected chi connectivity index (χ2v) is 4.52. The number of hydrogen-bond donors (Lipinski definition) is 0. The number of carbonyl (C=O) groups is 1.